The van der Waals surface area contributed by atoms with Gasteiger partial charge >= 0.3 is 0 Å². The van der Waals surface area contributed by atoms with Gasteiger partial charge in [0.15, 0.2) is 0 Å². The van der Waals surface area contributed by atoms with Gasteiger partial charge < -0.3 is 22.9 Å². The number of anilines is 4. The summed E-state index contributed by atoms with van der Waals surface area (Å²) in [5, 5.41) is 0. The first kappa shape index (κ1) is 27.0. The lowest BCUT2D eigenvalue weighted by atomic mass is 9.77. The van der Waals surface area contributed by atoms with Crippen molar-refractivity contribution >= 4 is 28.3 Å². The van der Waals surface area contributed by atoms with Gasteiger partial charge in [-0.05, 0) is 118 Å². The quantitative estimate of drug-likeness (QED) is 0.159. The van der Waals surface area contributed by atoms with Crippen LogP contribution in [0.2, 0.25) is 0 Å². The Morgan fingerprint density at radius 1 is 0.524 bits per heavy atom. The number of aryl methyl sites for hydroxylation is 1. The molecule has 4 nitrogen and oxygen atoms in total. The lowest BCUT2D eigenvalue weighted by Gasteiger charge is -2.28. The van der Waals surface area contributed by atoms with Crippen LogP contribution in [-0.2, 0) is 0 Å². The van der Waals surface area contributed by atoms with Crippen molar-refractivity contribution in [2.45, 2.75) is 25.7 Å². The van der Waals surface area contributed by atoms with Crippen LogP contribution in [0.1, 0.15) is 41.0 Å². The van der Waals surface area contributed by atoms with Crippen LogP contribution in [0, 0.1) is 6.92 Å². The SMILES string of the molecule is Cc1cc(-c2ccc(N)cc2)cc(C(C2=CC=C(c3ccccc3)CC2)c2cc(-c3ccc(N)cc3)ccc2N)c1N. The average molecular weight is 549 g/mol. The molecule has 1 unspecified atom stereocenters. The number of hydrogen-bond acceptors (Lipinski definition) is 4. The summed E-state index contributed by atoms with van der Waals surface area (Å²) in [6, 6.07) is 37.2. The molecule has 0 saturated heterocycles. The summed E-state index contributed by atoms with van der Waals surface area (Å²) >= 11 is 0. The first-order valence-corrected chi connectivity index (χ1v) is 14.3. The largest absolute Gasteiger partial charge is 0.399 e. The van der Waals surface area contributed by atoms with Gasteiger partial charge in [-0.15, -0.1) is 0 Å². The summed E-state index contributed by atoms with van der Waals surface area (Å²) in [6.45, 7) is 2.08. The number of nitrogens with two attached hydrogens (primary N) is 4. The van der Waals surface area contributed by atoms with Crippen molar-refractivity contribution in [2.75, 3.05) is 22.9 Å². The van der Waals surface area contributed by atoms with E-state index in [2.05, 4.69) is 97.9 Å². The van der Waals surface area contributed by atoms with Crippen LogP contribution >= 0.6 is 0 Å². The van der Waals surface area contributed by atoms with Gasteiger partial charge in [0.25, 0.3) is 0 Å². The summed E-state index contributed by atoms with van der Waals surface area (Å²) < 4.78 is 0. The summed E-state index contributed by atoms with van der Waals surface area (Å²) in [4.78, 5) is 0. The van der Waals surface area contributed by atoms with E-state index in [4.69, 9.17) is 22.9 Å². The topological polar surface area (TPSA) is 104 Å². The summed E-state index contributed by atoms with van der Waals surface area (Å²) in [6.07, 6.45) is 6.38. The monoisotopic (exact) mass is 548 g/mol. The predicted molar refractivity (Wildman–Crippen MR) is 180 cm³/mol. The van der Waals surface area contributed by atoms with Crippen molar-refractivity contribution in [1.29, 1.82) is 0 Å². The third kappa shape index (κ3) is 5.39. The van der Waals surface area contributed by atoms with E-state index in [0.717, 1.165) is 74.5 Å². The van der Waals surface area contributed by atoms with Crippen LogP contribution in [0.5, 0.6) is 0 Å². The molecule has 0 fully saturated rings. The van der Waals surface area contributed by atoms with E-state index in [-0.39, 0.29) is 5.92 Å². The van der Waals surface area contributed by atoms with Crippen LogP contribution in [0.3, 0.4) is 0 Å². The van der Waals surface area contributed by atoms with Gasteiger partial charge in [0.2, 0.25) is 0 Å². The van der Waals surface area contributed by atoms with Crippen LogP contribution in [0.15, 0.2) is 127 Å². The van der Waals surface area contributed by atoms with Crippen molar-refractivity contribution in [3.8, 4) is 22.3 Å². The second-order valence-electron chi connectivity index (χ2n) is 11.1. The molecule has 0 saturated carbocycles. The Morgan fingerprint density at radius 2 is 1.12 bits per heavy atom. The molecular weight excluding hydrogens is 512 g/mol. The third-order valence-electron chi connectivity index (χ3n) is 8.31. The number of benzene rings is 5. The molecule has 5 aromatic carbocycles. The van der Waals surface area contributed by atoms with Crippen molar-refractivity contribution in [3.63, 3.8) is 0 Å². The fourth-order valence-corrected chi connectivity index (χ4v) is 5.94. The molecule has 0 bridgehead atoms. The van der Waals surface area contributed by atoms with E-state index in [9.17, 15) is 0 Å². The molecule has 8 N–H and O–H groups in total. The highest BCUT2D eigenvalue weighted by atomic mass is 14.6. The molecule has 6 rings (SSSR count). The van der Waals surface area contributed by atoms with Gasteiger partial charge in [-0.3, -0.25) is 0 Å². The first-order valence-electron chi connectivity index (χ1n) is 14.3. The van der Waals surface area contributed by atoms with Crippen molar-refractivity contribution < 1.29 is 0 Å². The van der Waals surface area contributed by atoms with Gasteiger partial charge in [0, 0.05) is 28.7 Å². The second kappa shape index (κ2) is 11.3. The number of rotatable bonds is 6. The Morgan fingerprint density at radius 3 is 1.74 bits per heavy atom. The zero-order chi connectivity index (χ0) is 29.2. The molecule has 0 spiro atoms. The van der Waals surface area contributed by atoms with Gasteiger partial charge in [-0.1, -0.05) is 78.4 Å². The number of nitrogen functional groups attached to an aromatic ring is 4. The fourth-order valence-electron chi connectivity index (χ4n) is 5.94. The molecule has 42 heavy (non-hydrogen) atoms. The molecule has 208 valence electrons. The maximum absolute atomic E-state index is 6.92. The molecule has 5 aromatic rings. The average Bonchev–Trinajstić information content (AvgIpc) is 3.02. The maximum Gasteiger partial charge on any atom is 0.0386 e. The Hall–Kier alpha value is -5.22. The van der Waals surface area contributed by atoms with Crippen LogP contribution in [0.25, 0.3) is 27.8 Å². The molecule has 0 heterocycles. The van der Waals surface area contributed by atoms with Crippen molar-refractivity contribution in [1.82, 2.24) is 0 Å². The molecular formula is C38H36N4. The Labute approximate surface area is 248 Å². The molecule has 0 radical (unpaired) electrons. The summed E-state index contributed by atoms with van der Waals surface area (Å²) in [7, 11) is 0. The van der Waals surface area contributed by atoms with Crippen LogP contribution in [0.4, 0.5) is 22.7 Å². The van der Waals surface area contributed by atoms with E-state index < -0.39 is 0 Å². The van der Waals surface area contributed by atoms with Gasteiger partial charge in [0.05, 0.1) is 0 Å². The van der Waals surface area contributed by atoms with E-state index in [0.29, 0.717) is 0 Å². The fraction of sp³-hybridized carbons (Fsp3) is 0.105. The third-order valence-corrected chi connectivity index (χ3v) is 8.31. The molecule has 0 aromatic heterocycles. The highest BCUT2D eigenvalue weighted by Gasteiger charge is 2.26. The Balaban J connectivity index is 1.53. The molecule has 1 aliphatic carbocycles. The molecule has 4 heteroatoms. The Kier molecular flexibility index (Phi) is 7.28. The molecule has 0 aliphatic heterocycles. The van der Waals surface area contributed by atoms with E-state index in [1.807, 2.05) is 30.3 Å². The highest BCUT2D eigenvalue weighted by molar-refractivity contribution is 5.77. The standard InChI is InChI=1S/C38H36N4/c1-24-21-31(28-13-18-33(40)19-14-28)23-35(38(24)42)37(29-9-7-26(8-10-29)25-5-3-2-4-6-25)34-22-30(15-20-36(34)41)27-11-16-32(39)17-12-27/h2-7,9,11-23,37H,8,10,39-42H2,1H3. The highest BCUT2D eigenvalue weighted by Crippen LogP contribution is 2.45. The zero-order valence-electron chi connectivity index (χ0n) is 23.8. The normalized spacial score (nSPS) is 13.7. The minimum Gasteiger partial charge on any atom is -0.399 e. The summed E-state index contributed by atoms with van der Waals surface area (Å²) in [5.74, 6) is -0.111. The maximum atomic E-state index is 6.92. The minimum atomic E-state index is -0.111. The summed E-state index contributed by atoms with van der Waals surface area (Å²) in [5.41, 5.74) is 40.1. The lowest BCUT2D eigenvalue weighted by molar-refractivity contribution is 0.841. The van der Waals surface area contributed by atoms with E-state index in [1.54, 1.807) is 0 Å². The smallest absolute Gasteiger partial charge is 0.0386 e. The van der Waals surface area contributed by atoms with E-state index in [1.165, 1.54) is 16.7 Å². The number of hydrogen-bond donors (Lipinski definition) is 4. The lowest BCUT2D eigenvalue weighted by Crippen LogP contribution is -2.13. The van der Waals surface area contributed by atoms with Crippen molar-refractivity contribution in [3.05, 3.63) is 149 Å². The van der Waals surface area contributed by atoms with Crippen molar-refractivity contribution in [2.24, 2.45) is 0 Å². The molecule has 1 aliphatic rings. The molecule has 1 atom stereocenters. The van der Waals surface area contributed by atoms with Gasteiger partial charge in [-0.25, -0.2) is 0 Å². The zero-order valence-corrected chi connectivity index (χ0v) is 23.8. The van der Waals surface area contributed by atoms with Gasteiger partial charge in [-0.2, -0.15) is 0 Å². The molecule has 0 amide bonds. The number of allylic oxidation sites excluding steroid dienone is 4. The Bertz CT molecular complexity index is 1800. The van der Waals surface area contributed by atoms with Crippen LogP contribution in [-0.4, -0.2) is 0 Å². The minimum absolute atomic E-state index is 0.111. The van der Waals surface area contributed by atoms with Gasteiger partial charge in [0.1, 0.15) is 0 Å². The van der Waals surface area contributed by atoms with Crippen LogP contribution < -0.4 is 22.9 Å². The first-order chi connectivity index (χ1) is 20.4. The second-order valence-corrected chi connectivity index (χ2v) is 11.1. The van der Waals surface area contributed by atoms with E-state index >= 15 is 0 Å². The predicted octanol–water partition coefficient (Wildman–Crippen LogP) is 8.59.